The Labute approximate surface area is 160 Å². The monoisotopic (exact) mass is 369 g/mol. The number of methoxy groups -OCH3 is 4. The van der Waals surface area contributed by atoms with E-state index in [1.54, 1.807) is 28.4 Å². The average molecular weight is 369 g/mol. The standard InChI is InChI=1S/C22H27NO4/c1-6-13-11-16-15(8-10-18(13)24-2)20-14(7-9-17(16)23)12-19(25-3)21(26-4)22(20)27-5/h6,8,10-12,17H,7,9,23H2,1-5H3. The molecule has 2 aliphatic carbocycles. The van der Waals surface area contributed by atoms with Crippen molar-refractivity contribution in [1.29, 1.82) is 0 Å². The second kappa shape index (κ2) is 7.92. The van der Waals surface area contributed by atoms with Crippen molar-refractivity contribution in [3.05, 3.63) is 58.4 Å². The van der Waals surface area contributed by atoms with Crippen LogP contribution in [0.4, 0.5) is 0 Å². The van der Waals surface area contributed by atoms with Crippen LogP contribution in [0.3, 0.4) is 0 Å². The molecule has 0 saturated heterocycles. The lowest BCUT2D eigenvalue weighted by molar-refractivity contribution is 0.303. The van der Waals surface area contributed by atoms with E-state index in [-0.39, 0.29) is 6.04 Å². The van der Waals surface area contributed by atoms with Gasteiger partial charge in [0.2, 0.25) is 5.75 Å². The Morgan fingerprint density at radius 3 is 2.33 bits per heavy atom. The highest BCUT2D eigenvalue weighted by Crippen LogP contribution is 2.49. The Morgan fingerprint density at radius 1 is 1.00 bits per heavy atom. The summed E-state index contributed by atoms with van der Waals surface area (Å²) in [5.41, 5.74) is 11.8. The van der Waals surface area contributed by atoms with Gasteiger partial charge in [0.25, 0.3) is 0 Å². The molecule has 0 fully saturated rings. The van der Waals surface area contributed by atoms with E-state index in [2.05, 4.69) is 12.2 Å². The van der Waals surface area contributed by atoms with E-state index in [0.29, 0.717) is 17.2 Å². The Bertz CT molecular complexity index is 862. The van der Waals surface area contributed by atoms with Crippen LogP contribution < -0.4 is 19.9 Å². The van der Waals surface area contributed by atoms with Crippen LogP contribution in [-0.4, -0.2) is 34.5 Å². The summed E-state index contributed by atoms with van der Waals surface area (Å²) >= 11 is 0. The summed E-state index contributed by atoms with van der Waals surface area (Å²) < 4.78 is 22.5. The first-order chi connectivity index (χ1) is 13.1. The van der Waals surface area contributed by atoms with E-state index in [9.17, 15) is 0 Å². The molecule has 1 aromatic rings. The first-order valence-corrected chi connectivity index (χ1v) is 9.01. The molecule has 0 spiro atoms. The van der Waals surface area contributed by atoms with Crippen molar-refractivity contribution in [2.24, 2.45) is 5.73 Å². The molecular weight excluding hydrogens is 342 g/mol. The van der Waals surface area contributed by atoms with E-state index < -0.39 is 0 Å². The molecule has 0 radical (unpaired) electrons. The van der Waals surface area contributed by atoms with Crippen LogP contribution in [0.5, 0.6) is 17.2 Å². The van der Waals surface area contributed by atoms with Crippen molar-refractivity contribution in [2.45, 2.75) is 25.8 Å². The van der Waals surface area contributed by atoms with Gasteiger partial charge in [-0.05, 0) is 54.7 Å². The maximum Gasteiger partial charge on any atom is 0.203 e. The highest BCUT2D eigenvalue weighted by atomic mass is 16.5. The quantitative estimate of drug-likeness (QED) is 0.875. The fraction of sp³-hybridized carbons (Fsp3) is 0.364. The summed E-state index contributed by atoms with van der Waals surface area (Å²) in [5.74, 6) is 2.71. The molecule has 27 heavy (non-hydrogen) atoms. The predicted molar refractivity (Wildman–Crippen MR) is 107 cm³/mol. The number of benzene rings is 1. The second-order valence-electron chi connectivity index (χ2n) is 6.48. The minimum absolute atomic E-state index is 0.0927. The molecule has 0 aromatic heterocycles. The summed E-state index contributed by atoms with van der Waals surface area (Å²) in [6.07, 6.45) is 9.83. The number of ether oxygens (including phenoxy) is 4. The maximum atomic E-state index is 6.57. The zero-order chi connectivity index (χ0) is 19.6. The molecule has 1 unspecified atom stereocenters. The lowest BCUT2D eigenvalue weighted by Gasteiger charge is -2.21. The fourth-order valence-electron chi connectivity index (χ4n) is 3.78. The first kappa shape index (κ1) is 19.1. The van der Waals surface area contributed by atoms with Crippen LogP contribution in [0.1, 0.15) is 24.5 Å². The van der Waals surface area contributed by atoms with Crippen LogP contribution in [-0.2, 0) is 11.2 Å². The molecule has 1 aromatic carbocycles. The van der Waals surface area contributed by atoms with Crippen LogP contribution in [0.15, 0.2) is 47.3 Å². The van der Waals surface area contributed by atoms with Crippen molar-refractivity contribution in [3.8, 4) is 17.2 Å². The molecule has 5 nitrogen and oxygen atoms in total. The summed E-state index contributed by atoms with van der Waals surface area (Å²) in [6, 6.07) is 1.93. The smallest absolute Gasteiger partial charge is 0.203 e. The van der Waals surface area contributed by atoms with Crippen LogP contribution in [0.2, 0.25) is 0 Å². The average Bonchev–Trinajstić information content (AvgIpc) is 2.96. The van der Waals surface area contributed by atoms with E-state index >= 15 is 0 Å². The van der Waals surface area contributed by atoms with Crippen molar-refractivity contribution in [2.75, 3.05) is 28.4 Å². The van der Waals surface area contributed by atoms with Gasteiger partial charge in [-0.25, -0.2) is 0 Å². The highest BCUT2D eigenvalue weighted by Gasteiger charge is 2.30. The van der Waals surface area contributed by atoms with E-state index in [4.69, 9.17) is 24.7 Å². The third kappa shape index (κ3) is 3.23. The van der Waals surface area contributed by atoms with Gasteiger partial charge in [-0.2, -0.15) is 0 Å². The predicted octanol–water partition coefficient (Wildman–Crippen LogP) is 3.79. The molecule has 0 heterocycles. The largest absolute Gasteiger partial charge is 0.496 e. The topological polar surface area (TPSA) is 62.9 Å². The number of allylic oxidation sites excluding steroid dienone is 4. The van der Waals surface area contributed by atoms with Gasteiger partial charge in [0.1, 0.15) is 5.76 Å². The van der Waals surface area contributed by atoms with Crippen LogP contribution >= 0.6 is 0 Å². The van der Waals surface area contributed by atoms with Gasteiger partial charge in [0, 0.05) is 17.2 Å². The molecule has 1 atom stereocenters. The molecule has 144 valence electrons. The normalized spacial score (nSPS) is 20.3. The third-order valence-electron chi connectivity index (χ3n) is 5.14. The lowest BCUT2D eigenvalue weighted by atomic mass is 9.91. The van der Waals surface area contributed by atoms with Crippen molar-refractivity contribution in [1.82, 2.24) is 0 Å². The maximum absolute atomic E-state index is 6.57. The molecule has 0 bridgehead atoms. The number of fused-ring (bicyclic) bond motifs is 3. The number of rotatable bonds is 4. The Morgan fingerprint density at radius 2 is 1.74 bits per heavy atom. The van der Waals surface area contributed by atoms with E-state index in [0.717, 1.165) is 46.4 Å². The van der Waals surface area contributed by atoms with Crippen LogP contribution in [0.25, 0.3) is 5.57 Å². The summed E-state index contributed by atoms with van der Waals surface area (Å²) in [5, 5.41) is 0. The van der Waals surface area contributed by atoms with Gasteiger partial charge >= 0.3 is 0 Å². The van der Waals surface area contributed by atoms with Gasteiger partial charge in [-0.15, -0.1) is 0 Å². The molecular formula is C22H27NO4. The summed E-state index contributed by atoms with van der Waals surface area (Å²) in [6.45, 7) is 1.99. The zero-order valence-electron chi connectivity index (χ0n) is 16.6. The van der Waals surface area contributed by atoms with Gasteiger partial charge in [-0.3, -0.25) is 0 Å². The Balaban J connectivity index is 2.35. The second-order valence-corrected chi connectivity index (χ2v) is 6.48. The van der Waals surface area contributed by atoms with Crippen molar-refractivity contribution < 1.29 is 18.9 Å². The van der Waals surface area contributed by atoms with Gasteiger partial charge in [-0.1, -0.05) is 12.2 Å². The SMILES string of the molecule is CC=C1C=C2C(=CC=C1OC)c1c(cc(OC)c(OC)c1OC)CCC2N. The molecule has 3 rings (SSSR count). The zero-order valence-corrected chi connectivity index (χ0v) is 16.6. The van der Waals surface area contributed by atoms with Crippen LogP contribution in [0, 0.1) is 0 Å². The van der Waals surface area contributed by atoms with Crippen molar-refractivity contribution in [3.63, 3.8) is 0 Å². The minimum atomic E-state index is -0.0927. The highest BCUT2D eigenvalue weighted by molar-refractivity contribution is 5.90. The van der Waals surface area contributed by atoms with E-state index in [1.807, 2.05) is 25.1 Å². The summed E-state index contributed by atoms with van der Waals surface area (Å²) in [4.78, 5) is 0. The Kier molecular flexibility index (Phi) is 5.61. The van der Waals surface area contributed by atoms with Gasteiger partial charge in [0.05, 0.1) is 28.4 Å². The molecule has 2 N–H and O–H groups in total. The molecule has 5 heteroatoms. The number of hydrogen-bond donors (Lipinski definition) is 1. The molecule has 0 aliphatic heterocycles. The lowest BCUT2D eigenvalue weighted by Crippen LogP contribution is -2.22. The fourth-order valence-corrected chi connectivity index (χ4v) is 3.78. The number of hydrogen-bond acceptors (Lipinski definition) is 5. The third-order valence-corrected chi connectivity index (χ3v) is 5.14. The van der Waals surface area contributed by atoms with Crippen molar-refractivity contribution >= 4 is 5.57 Å². The molecule has 2 aliphatic rings. The number of nitrogens with two attached hydrogens (primary N) is 1. The summed E-state index contributed by atoms with van der Waals surface area (Å²) in [7, 11) is 6.58. The molecule has 0 saturated carbocycles. The van der Waals surface area contributed by atoms with E-state index in [1.165, 1.54) is 0 Å². The minimum Gasteiger partial charge on any atom is -0.496 e. The first-order valence-electron chi connectivity index (χ1n) is 9.01. The number of aryl methyl sites for hydroxylation is 1. The van der Waals surface area contributed by atoms with Gasteiger partial charge in [0.15, 0.2) is 11.5 Å². The Hall–Kier alpha value is -2.66. The van der Waals surface area contributed by atoms with Gasteiger partial charge < -0.3 is 24.7 Å². The molecule has 0 amide bonds.